The maximum Gasteiger partial charge on any atom is 0.433 e. The molecule has 5 nitrogen and oxygen atoms in total. The second kappa shape index (κ2) is 8.92. The molecule has 186 valence electrons. The van der Waals surface area contributed by atoms with E-state index in [0.717, 1.165) is 36.5 Å². The molecule has 35 heavy (non-hydrogen) atoms. The van der Waals surface area contributed by atoms with E-state index in [0.29, 0.717) is 5.56 Å². The third-order valence-corrected chi connectivity index (χ3v) is 7.39. The van der Waals surface area contributed by atoms with E-state index >= 15 is 0 Å². The fourth-order valence-electron chi connectivity index (χ4n) is 4.52. The summed E-state index contributed by atoms with van der Waals surface area (Å²) in [4.78, 5) is 3.39. The van der Waals surface area contributed by atoms with Crippen LogP contribution in [0, 0.1) is 11.6 Å². The quantitative estimate of drug-likeness (QED) is 0.276. The van der Waals surface area contributed by atoms with Crippen molar-refractivity contribution in [3.8, 4) is 11.1 Å². The van der Waals surface area contributed by atoms with Gasteiger partial charge in [0.25, 0.3) is 0 Å². The first-order valence-corrected chi connectivity index (χ1v) is 11.9. The molecule has 1 N–H and O–H groups in total. The highest BCUT2D eigenvalue weighted by atomic mass is 32.2. The Morgan fingerprint density at radius 1 is 1.00 bits per heavy atom. The average molecular weight is 517 g/mol. The third kappa shape index (κ3) is 5.04. The van der Waals surface area contributed by atoms with Gasteiger partial charge in [0, 0.05) is 29.5 Å². The third-order valence-electron chi connectivity index (χ3n) is 6.10. The summed E-state index contributed by atoms with van der Waals surface area (Å²) >= 11 is 0. The molecule has 1 aliphatic heterocycles. The lowest BCUT2D eigenvalue weighted by molar-refractivity contribution is -0.141. The second-order valence-corrected chi connectivity index (χ2v) is 9.96. The van der Waals surface area contributed by atoms with Gasteiger partial charge in [-0.15, -0.1) is 0 Å². The van der Waals surface area contributed by atoms with Gasteiger partial charge < -0.3 is 0 Å². The Balaban J connectivity index is 1.80. The predicted molar refractivity (Wildman–Crippen MR) is 116 cm³/mol. The summed E-state index contributed by atoms with van der Waals surface area (Å²) in [5, 5.41) is -1.68. The van der Waals surface area contributed by atoms with E-state index < -0.39 is 69.2 Å². The molecular weight excluding hydrogens is 498 g/mol. The second-order valence-electron chi connectivity index (χ2n) is 8.39. The number of likely N-dealkylation sites (tertiary alicyclic amines) is 1. The number of hydrogen-bond donors (Lipinski definition) is 1. The molecule has 0 radical (unpaired) electrons. The van der Waals surface area contributed by atoms with E-state index in [4.69, 9.17) is 0 Å². The lowest BCUT2D eigenvalue weighted by Gasteiger charge is -2.38. The van der Waals surface area contributed by atoms with Gasteiger partial charge in [0.05, 0.1) is 6.42 Å². The first-order valence-electron chi connectivity index (χ1n) is 10.3. The van der Waals surface area contributed by atoms with Gasteiger partial charge in [-0.3, -0.25) is 14.0 Å². The van der Waals surface area contributed by atoms with E-state index in [9.17, 15) is 39.3 Å². The van der Waals surface area contributed by atoms with E-state index in [1.165, 1.54) is 24.3 Å². The van der Waals surface area contributed by atoms with Crippen LogP contribution in [0.25, 0.3) is 11.1 Å². The monoisotopic (exact) mass is 517 g/mol. The van der Waals surface area contributed by atoms with Gasteiger partial charge in [0.2, 0.25) is 5.37 Å². The van der Waals surface area contributed by atoms with Gasteiger partial charge in [-0.05, 0) is 35.9 Å². The van der Waals surface area contributed by atoms with Crippen LogP contribution < -0.4 is 4.48 Å². The van der Waals surface area contributed by atoms with Gasteiger partial charge >= 0.3 is 16.3 Å². The number of hydrogen-bond acceptors (Lipinski definition) is 3. The number of benzene rings is 2. The van der Waals surface area contributed by atoms with Gasteiger partial charge in [0.1, 0.15) is 36.1 Å². The summed E-state index contributed by atoms with van der Waals surface area (Å²) in [6.45, 7) is -0.855. The summed E-state index contributed by atoms with van der Waals surface area (Å²) in [5.41, 5.74) is -0.501. The summed E-state index contributed by atoms with van der Waals surface area (Å²) in [7, 11) is -4.82. The van der Waals surface area contributed by atoms with Crippen molar-refractivity contribution in [1.29, 1.82) is 0 Å². The molecule has 1 fully saturated rings. The number of halogens is 6. The molecule has 12 heteroatoms. The van der Waals surface area contributed by atoms with Gasteiger partial charge in [0.15, 0.2) is 6.17 Å². The summed E-state index contributed by atoms with van der Waals surface area (Å²) in [5.74, 6) is -1.40. The summed E-state index contributed by atoms with van der Waals surface area (Å²) < 4.78 is 115. The molecule has 1 saturated heterocycles. The normalized spacial score (nSPS) is 22.9. The minimum Gasteiger partial charge on any atom is -0.281 e. The summed E-state index contributed by atoms with van der Waals surface area (Å²) in [6, 6.07) is 10.2. The lowest BCUT2D eigenvalue weighted by atomic mass is 10.0. The topological polar surface area (TPSA) is 67.3 Å². The molecule has 1 aliphatic rings. The van der Waals surface area contributed by atoms with Crippen molar-refractivity contribution in [2.45, 2.75) is 30.7 Å². The van der Waals surface area contributed by atoms with Crippen molar-refractivity contribution in [1.82, 2.24) is 9.47 Å². The standard InChI is InChI=1S/C23H18F6N2O3S/c24-17-3-5-19(6-4-17)31(13-18(25)10-22(31)35(32,33)34)12-16-9-14(1-7-20(16)26)15-2-8-21(30-11-15)23(27,28)29/h1-9,11,18,22H,10,12-13H2/p+1/t18-,22+,31?/m1/s1. The SMILES string of the molecule is O=S(=O)(O)[C@H]1C[C@@H](F)C[N+]1(Cc1cc(-c2ccc(C(F)(F)F)nc2)ccc1F)c1ccc(F)cc1. The van der Waals surface area contributed by atoms with Crippen molar-refractivity contribution in [2.75, 3.05) is 6.54 Å². The van der Waals surface area contributed by atoms with Crippen molar-refractivity contribution in [3.63, 3.8) is 0 Å². The van der Waals surface area contributed by atoms with Crippen molar-refractivity contribution < 1.29 is 39.3 Å². The van der Waals surface area contributed by atoms with E-state index in [1.807, 2.05) is 0 Å². The van der Waals surface area contributed by atoms with Crippen LogP contribution in [0.3, 0.4) is 0 Å². The smallest absolute Gasteiger partial charge is 0.281 e. The molecule has 0 bridgehead atoms. The van der Waals surface area contributed by atoms with Crippen LogP contribution in [0.15, 0.2) is 60.8 Å². The molecule has 1 unspecified atom stereocenters. The first-order chi connectivity index (χ1) is 16.3. The van der Waals surface area contributed by atoms with Crippen LogP contribution in [0.1, 0.15) is 17.7 Å². The zero-order chi connectivity index (χ0) is 25.6. The van der Waals surface area contributed by atoms with Gasteiger partial charge in [-0.1, -0.05) is 12.1 Å². The Morgan fingerprint density at radius 3 is 2.23 bits per heavy atom. The first kappa shape index (κ1) is 25.1. The number of aromatic nitrogens is 1. The molecule has 0 saturated carbocycles. The highest BCUT2D eigenvalue weighted by Crippen LogP contribution is 2.41. The fraction of sp³-hybridized carbons (Fsp3) is 0.261. The largest absolute Gasteiger partial charge is 0.433 e. The van der Waals surface area contributed by atoms with Crippen LogP contribution in [-0.2, 0) is 22.8 Å². The Labute approximate surface area is 197 Å². The van der Waals surface area contributed by atoms with E-state index in [-0.39, 0.29) is 16.8 Å². The maximum absolute atomic E-state index is 14.9. The van der Waals surface area contributed by atoms with Crippen molar-refractivity contribution in [2.24, 2.45) is 0 Å². The predicted octanol–water partition coefficient (Wildman–Crippen LogP) is 5.51. The zero-order valence-corrected chi connectivity index (χ0v) is 18.7. The molecule has 1 aromatic heterocycles. The minimum atomic E-state index is -4.82. The molecule has 0 spiro atoms. The number of nitrogens with zero attached hydrogens (tertiary/aromatic N) is 2. The lowest BCUT2D eigenvalue weighted by Crippen LogP contribution is -2.55. The molecule has 3 atom stereocenters. The highest BCUT2D eigenvalue weighted by Gasteiger charge is 2.55. The highest BCUT2D eigenvalue weighted by molar-refractivity contribution is 7.86. The van der Waals surface area contributed by atoms with E-state index in [1.54, 1.807) is 0 Å². The number of rotatable bonds is 5. The molecule has 2 aromatic carbocycles. The molecule has 2 heterocycles. The summed E-state index contributed by atoms with van der Waals surface area (Å²) in [6.07, 6.45) is -5.88. The molecular formula is C23H19F6N2O3S+. The van der Waals surface area contributed by atoms with Crippen molar-refractivity contribution >= 4 is 15.8 Å². The number of pyridine rings is 1. The Hall–Kier alpha value is -2.96. The molecule has 4 rings (SSSR count). The Bertz CT molecular complexity index is 1330. The van der Waals surface area contributed by atoms with Crippen LogP contribution >= 0.6 is 0 Å². The molecule has 3 aromatic rings. The van der Waals surface area contributed by atoms with Gasteiger partial charge in [-0.25, -0.2) is 13.2 Å². The number of alkyl halides is 4. The zero-order valence-electron chi connectivity index (χ0n) is 17.9. The van der Waals surface area contributed by atoms with E-state index in [2.05, 4.69) is 4.98 Å². The minimum absolute atomic E-state index is 0.0746. The molecule has 0 amide bonds. The Morgan fingerprint density at radius 2 is 1.66 bits per heavy atom. The van der Waals surface area contributed by atoms with Crippen LogP contribution in [0.2, 0.25) is 0 Å². The van der Waals surface area contributed by atoms with Crippen molar-refractivity contribution in [3.05, 3.63) is 83.7 Å². The Kier molecular flexibility index (Phi) is 6.41. The maximum atomic E-state index is 14.9. The number of quaternary nitrogens is 1. The van der Waals surface area contributed by atoms with Gasteiger partial charge in [-0.2, -0.15) is 21.6 Å². The van der Waals surface area contributed by atoms with Crippen LogP contribution in [0.4, 0.5) is 32.0 Å². The average Bonchev–Trinajstić information content (AvgIpc) is 3.13. The fourth-order valence-corrected chi connectivity index (χ4v) is 5.77. The van der Waals surface area contributed by atoms with Crippen LogP contribution in [-0.4, -0.2) is 36.0 Å². The van der Waals surface area contributed by atoms with Crippen LogP contribution in [0.5, 0.6) is 0 Å². The molecule has 0 aliphatic carbocycles.